The quantitative estimate of drug-likeness (QED) is 0.597. The molecular weight excluding hydrogens is 232 g/mol. The molecule has 1 aromatic rings. The second-order valence-corrected chi connectivity index (χ2v) is 2.91. The van der Waals surface area contributed by atoms with Gasteiger partial charge in [-0.3, -0.25) is 4.79 Å². The zero-order valence-electron chi connectivity index (χ0n) is 7.26. The highest BCUT2D eigenvalue weighted by molar-refractivity contribution is 9.09. The van der Waals surface area contributed by atoms with E-state index in [2.05, 4.69) is 28.1 Å². The van der Waals surface area contributed by atoms with Crippen LogP contribution in [0.5, 0.6) is 5.75 Å². The van der Waals surface area contributed by atoms with Gasteiger partial charge in [0.05, 0.1) is 17.5 Å². The number of ketones is 1. The molecule has 0 spiro atoms. The average Bonchev–Trinajstić information content (AvgIpc) is 2.18. The minimum atomic E-state index is -0.000650. The first-order valence-corrected chi connectivity index (χ1v) is 5.06. The van der Waals surface area contributed by atoms with Crippen molar-refractivity contribution in [2.45, 2.75) is 6.92 Å². The van der Waals surface area contributed by atoms with Crippen molar-refractivity contribution in [1.29, 1.82) is 0 Å². The van der Waals surface area contributed by atoms with Gasteiger partial charge in [0, 0.05) is 0 Å². The van der Waals surface area contributed by atoms with Crippen LogP contribution >= 0.6 is 15.9 Å². The molecule has 0 fully saturated rings. The van der Waals surface area contributed by atoms with Crippen LogP contribution in [-0.2, 0) is 0 Å². The van der Waals surface area contributed by atoms with Crippen molar-refractivity contribution < 1.29 is 9.53 Å². The highest BCUT2D eigenvalue weighted by Gasteiger charge is 2.02. The molecular formula is C10H9BrO2. The van der Waals surface area contributed by atoms with Crippen molar-refractivity contribution >= 4 is 21.7 Å². The summed E-state index contributed by atoms with van der Waals surface area (Å²) < 4.78 is 5.16. The Morgan fingerprint density at radius 3 is 2.77 bits per heavy atom. The summed E-state index contributed by atoms with van der Waals surface area (Å²) >= 11 is 3.09. The molecule has 3 heteroatoms. The van der Waals surface area contributed by atoms with Crippen LogP contribution in [0, 0.1) is 12.1 Å². The van der Waals surface area contributed by atoms with E-state index in [9.17, 15) is 4.79 Å². The molecule has 0 aliphatic rings. The SMILES string of the molecule is CCOc1c#cc(C(=O)CBr)cc1. The number of alkyl halides is 1. The minimum absolute atomic E-state index is 0.000650. The lowest BCUT2D eigenvalue weighted by Crippen LogP contribution is -1.98. The summed E-state index contributed by atoms with van der Waals surface area (Å²) in [4.78, 5) is 11.1. The van der Waals surface area contributed by atoms with Crippen molar-refractivity contribution in [3.05, 3.63) is 29.8 Å². The van der Waals surface area contributed by atoms with E-state index in [0.29, 0.717) is 23.2 Å². The van der Waals surface area contributed by atoms with E-state index in [0.717, 1.165) is 0 Å². The Bertz CT molecular complexity index is 279. The normalized spacial score (nSPS) is 9.08. The fourth-order valence-electron chi connectivity index (χ4n) is 0.846. The number of rotatable bonds is 4. The Hall–Kier alpha value is -1.01. The molecule has 2 nitrogen and oxygen atoms in total. The van der Waals surface area contributed by atoms with Gasteiger partial charge in [-0.05, 0) is 25.1 Å². The summed E-state index contributed by atoms with van der Waals surface area (Å²) in [6, 6.07) is 8.91. The Morgan fingerprint density at radius 1 is 1.54 bits per heavy atom. The third kappa shape index (κ3) is 2.74. The predicted molar refractivity (Wildman–Crippen MR) is 53.4 cm³/mol. The van der Waals surface area contributed by atoms with Gasteiger partial charge >= 0.3 is 0 Å². The van der Waals surface area contributed by atoms with E-state index >= 15 is 0 Å². The van der Waals surface area contributed by atoms with Crippen LogP contribution in [0.15, 0.2) is 12.1 Å². The monoisotopic (exact) mass is 240 g/mol. The van der Waals surface area contributed by atoms with E-state index < -0.39 is 0 Å². The summed E-state index contributed by atoms with van der Waals surface area (Å²) in [6.07, 6.45) is 0. The number of ether oxygens (including phenoxy) is 1. The molecule has 0 saturated carbocycles. The van der Waals surface area contributed by atoms with Crippen LogP contribution in [0.3, 0.4) is 0 Å². The minimum Gasteiger partial charge on any atom is -0.486 e. The van der Waals surface area contributed by atoms with Gasteiger partial charge in [-0.25, -0.2) is 0 Å². The van der Waals surface area contributed by atoms with Crippen LogP contribution in [0.2, 0.25) is 0 Å². The highest BCUT2D eigenvalue weighted by atomic mass is 79.9. The zero-order valence-corrected chi connectivity index (χ0v) is 8.85. The van der Waals surface area contributed by atoms with E-state index in [1.165, 1.54) is 0 Å². The molecule has 1 rings (SSSR count). The molecule has 0 amide bonds. The van der Waals surface area contributed by atoms with Crippen molar-refractivity contribution in [2.24, 2.45) is 0 Å². The van der Waals surface area contributed by atoms with Crippen LogP contribution < -0.4 is 4.74 Å². The van der Waals surface area contributed by atoms with Crippen LogP contribution in [0.1, 0.15) is 17.3 Å². The Kier molecular flexibility index (Phi) is 3.78. The fraction of sp³-hybridized carbons (Fsp3) is 0.300. The molecule has 0 saturated heterocycles. The van der Waals surface area contributed by atoms with Crippen LogP contribution in [0.25, 0.3) is 0 Å². The van der Waals surface area contributed by atoms with Crippen LogP contribution in [0.4, 0.5) is 0 Å². The van der Waals surface area contributed by atoms with Gasteiger partial charge in [0.1, 0.15) is 0 Å². The maximum absolute atomic E-state index is 11.1. The first kappa shape index (κ1) is 10.1. The fourth-order valence-corrected chi connectivity index (χ4v) is 1.15. The third-order valence-corrected chi connectivity index (χ3v) is 1.95. The topological polar surface area (TPSA) is 26.3 Å². The largest absolute Gasteiger partial charge is 0.486 e. The smallest absolute Gasteiger partial charge is 0.181 e. The van der Waals surface area contributed by atoms with Gasteiger partial charge in [-0.2, -0.15) is 0 Å². The maximum atomic E-state index is 11.1. The standard InChI is InChI=1S/C10H9BrO2/c1-2-13-9-5-3-8(4-6-9)10(12)7-11/h3,5H,2,7H2,1H3. The van der Waals surface area contributed by atoms with E-state index in [1.807, 2.05) is 6.92 Å². The molecule has 0 unspecified atom stereocenters. The average molecular weight is 241 g/mol. The lowest BCUT2D eigenvalue weighted by Gasteiger charge is -1.98. The second-order valence-electron chi connectivity index (χ2n) is 2.35. The van der Waals surface area contributed by atoms with Gasteiger partial charge in [0.2, 0.25) is 0 Å². The first-order valence-electron chi connectivity index (χ1n) is 3.94. The number of carbonyl (C=O) groups excluding carboxylic acids is 1. The molecule has 68 valence electrons. The lowest BCUT2D eigenvalue weighted by atomic mass is 10.2. The van der Waals surface area contributed by atoms with Gasteiger partial charge in [-0.1, -0.05) is 22.0 Å². The number of Topliss-reactive ketones (excluding diaryl/α,β-unsaturated/α-hetero) is 1. The maximum Gasteiger partial charge on any atom is 0.181 e. The Morgan fingerprint density at radius 2 is 2.31 bits per heavy atom. The van der Waals surface area contributed by atoms with E-state index in [-0.39, 0.29) is 5.78 Å². The summed E-state index contributed by atoms with van der Waals surface area (Å²) in [5.41, 5.74) is 0.528. The summed E-state index contributed by atoms with van der Waals surface area (Å²) in [5.74, 6) is 0.618. The number of halogens is 1. The molecule has 13 heavy (non-hydrogen) atoms. The second kappa shape index (κ2) is 4.88. The third-order valence-electron chi connectivity index (χ3n) is 1.44. The number of carbonyl (C=O) groups is 1. The predicted octanol–water partition coefficient (Wildman–Crippen LogP) is 2.26. The van der Waals surface area contributed by atoms with Gasteiger partial charge in [-0.15, -0.1) is 0 Å². The van der Waals surface area contributed by atoms with E-state index in [1.54, 1.807) is 12.1 Å². The zero-order chi connectivity index (χ0) is 9.68. The first-order chi connectivity index (χ1) is 6.27. The summed E-state index contributed by atoms with van der Waals surface area (Å²) in [7, 11) is 0. The number of hydrogen-bond acceptors (Lipinski definition) is 2. The lowest BCUT2D eigenvalue weighted by molar-refractivity contribution is 0.102. The van der Waals surface area contributed by atoms with Crippen molar-refractivity contribution in [3.8, 4) is 5.75 Å². The molecule has 0 heterocycles. The highest BCUT2D eigenvalue weighted by Crippen LogP contribution is 2.07. The summed E-state index contributed by atoms with van der Waals surface area (Å²) in [5, 5.41) is 0.311. The van der Waals surface area contributed by atoms with Gasteiger partial charge in [0.15, 0.2) is 11.5 Å². The Labute approximate surface area is 86.0 Å². The van der Waals surface area contributed by atoms with Crippen molar-refractivity contribution in [1.82, 2.24) is 0 Å². The Balaban J connectivity index is 2.75. The van der Waals surface area contributed by atoms with Crippen molar-refractivity contribution in [2.75, 3.05) is 11.9 Å². The van der Waals surface area contributed by atoms with Gasteiger partial charge < -0.3 is 4.74 Å². The molecule has 0 radical (unpaired) electrons. The van der Waals surface area contributed by atoms with Gasteiger partial charge in [0.25, 0.3) is 0 Å². The van der Waals surface area contributed by atoms with Crippen LogP contribution in [-0.4, -0.2) is 17.7 Å². The molecule has 0 aliphatic heterocycles. The molecule has 0 bridgehead atoms. The summed E-state index contributed by atoms with van der Waals surface area (Å²) in [6.45, 7) is 2.49. The molecule has 1 aromatic carbocycles. The molecule has 0 aromatic heterocycles. The van der Waals surface area contributed by atoms with E-state index in [4.69, 9.17) is 4.74 Å². The number of hydrogen-bond donors (Lipinski definition) is 0. The molecule has 0 aliphatic carbocycles. The molecule has 0 atom stereocenters. The van der Waals surface area contributed by atoms with Crippen molar-refractivity contribution in [3.63, 3.8) is 0 Å². The molecule has 0 N–H and O–H groups in total.